The highest BCUT2D eigenvalue weighted by Crippen LogP contribution is 2.20. The summed E-state index contributed by atoms with van der Waals surface area (Å²) in [5.74, 6) is 0. The van der Waals surface area contributed by atoms with Gasteiger partial charge in [0.1, 0.15) is 4.21 Å². The van der Waals surface area contributed by atoms with Gasteiger partial charge in [0, 0.05) is 18.3 Å². The van der Waals surface area contributed by atoms with E-state index in [0.29, 0.717) is 22.5 Å². The maximum Gasteiger partial charge on any atom is 0.250 e. The third-order valence-electron chi connectivity index (χ3n) is 2.52. The van der Waals surface area contributed by atoms with Crippen LogP contribution in [-0.2, 0) is 16.6 Å². The summed E-state index contributed by atoms with van der Waals surface area (Å²) in [6.07, 6.45) is 2.87. The van der Waals surface area contributed by atoms with Gasteiger partial charge in [-0.05, 0) is 36.7 Å². The summed E-state index contributed by atoms with van der Waals surface area (Å²) in [5, 5.41) is 5.34. The Morgan fingerprint density at radius 3 is 2.83 bits per heavy atom. The molecule has 0 aromatic carbocycles. The van der Waals surface area contributed by atoms with E-state index >= 15 is 0 Å². The Morgan fingerprint density at radius 2 is 2.22 bits per heavy atom. The van der Waals surface area contributed by atoms with Crippen LogP contribution >= 0.6 is 23.1 Å². The second kappa shape index (κ2) is 7.49. The largest absolute Gasteiger partial charge is 0.316 e. The van der Waals surface area contributed by atoms with Gasteiger partial charge in [-0.15, -0.1) is 11.3 Å². The molecule has 0 saturated heterocycles. The first-order valence-electron chi connectivity index (χ1n) is 5.74. The summed E-state index contributed by atoms with van der Waals surface area (Å²) in [5.41, 5.74) is 1.00. The first kappa shape index (κ1) is 16.0. The third kappa shape index (κ3) is 4.89. The fourth-order valence-electron chi connectivity index (χ4n) is 1.38. The molecule has 1 aromatic rings. The van der Waals surface area contributed by atoms with E-state index in [1.807, 2.05) is 18.7 Å². The van der Waals surface area contributed by atoms with Gasteiger partial charge in [0.25, 0.3) is 0 Å². The zero-order valence-corrected chi connectivity index (χ0v) is 13.3. The summed E-state index contributed by atoms with van der Waals surface area (Å²) in [6.45, 7) is 3.27. The zero-order chi connectivity index (χ0) is 13.6. The molecule has 0 aliphatic carbocycles. The average molecular weight is 308 g/mol. The minimum absolute atomic E-state index is 0.393. The number of nitrogens with one attached hydrogen (secondary N) is 2. The molecule has 0 radical (unpaired) electrons. The fourth-order valence-corrected chi connectivity index (χ4v) is 4.03. The minimum Gasteiger partial charge on any atom is -0.316 e. The quantitative estimate of drug-likeness (QED) is 0.770. The van der Waals surface area contributed by atoms with Crippen LogP contribution in [0.3, 0.4) is 0 Å². The molecule has 0 aliphatic rings. The highest BCUT2D eigenvalue weighted by atomic mass is 32.2. The summed E-state index contributed by atoms with van der Waals surface area (Å²) in [4.78, 5) is 0. The maximum atomic E-state index is 12.0. The molecule has 0 bridgehead atoms. The second-order valence-corrected chi connectivity index (χ2v) is 8.22. The fraction of sp³-hybridized carbons (Fsp3) is 0.636. The normalized spacial score (nSPS) is 13.7. The van der Waals surface area contributed by atoms with Gasteiger partial charge < -0.3 is 5.32 Å². The van der Waals surface area contributed by atoms with Crippen LogP contribution < -0.4 is 10.0 Å². The predicted molar refractivity (Wildman–Crippen MR) is 79.9 cm³/mol. The number of hydrogen-bond donors (Lipinski definition) is 2. The van der Waals surface area contributed by atoms with Crippen molar-refractivity contribution >= 4 is 33.1 Å². The van der Waals surface area contributed by atoms with Crippen molar-refractivity contribution < 1.29 is 8.42 Å². The van der Waals surface area contributed by atoms with E-state index in [4.69, 9.17) is 0 Å². The zero-order valence-electron chi connectivity index (χ0n) is 10.9. The first-order chi connectivity index (χ1) is 8.49. The van der Waals surface area contributed by atoms with Crippen LogP contribution in [0.25, 0.3) is 0 Å². The molecule has 7 heteroatoms. The van der Waals surface area contributed by atoms with Crippen LogP contribution in [0.4, 0.5) is 0 Å². The SMILES string of the molecule is CNCc1csc(S(=O)(=O)NCCC(C)SC)c1. The summed E-state index contributed by atoms with van der Waals surface area (Å²) >= 11 is 3.01. The van der Waals surface area contributed by atoms with Crippen molar-refractivity contribution in [2.75, 3.05) is 19.8 Å². The lowest BCUT2D eigenvalue weighted by molar-refractivity contribution is 0.581. The van der Waals surface area contributed by atoms with Gasteiger partial charge in [-0.3, -0.25) is 0 Å². The molecule has 0 amide bonds. The minimum atomic E-state index is -3.33. The molecule has 1 aromatic heterocycles. The molecule has 18 heavy (non-hydrogen) atoms. The molecule has 1 heterocycles. The van der Waals surface area contributed by atoms with E-state index in [0.717, 1.165) is 12.0 Å². The van der Waals surface area contributed by atoms with Crippen LogP contribution in [0.15, 0.2) is 15.7 Å². The Morgan fingerprint density at radius 1 is 1.50 bits per heavy atom. The molecule has 2 N–H and O–H groups in total. The van der Waals surface area contributed by atoms with Crippen molar-refractivity contribution in [3.05, 3.63) is 17.0 Å². The van der Waals surface area contributed by atoms with E-state index in [-0.39, 0.29) is 0 Å². The molecule has 0 spiro atoms. The standard InChI is InChI=1S/C11H20N2O2S3/c1-9(16-3)4-5-13-18(14,15)11-6-10(7-12-2)8-17-11/h6,8-9,12-13H,4-5,7H2,1-3H3. The van der Waals surface area contributed by atoms with Crippen LogP contribution in [-0.4, -0.2) is 33.5 Å². The van der Waals surface area contributed by atoms with Gasteiger partial charge in [-0.25, -0.2) is 13.1 Å². The Bertz CT molecular complexity index is 457. The van der Waals surface area contributed by atoms with Crippen LogP contribution in [0.1, 0.15) is 18.9 Å². The van der Waals surface area contributed by atoms with Gasteiger partial charge in [0.2, 0.25) is 10.0 Å². The van der Waals surface area contributed by atoms with Gasteiger partial charge in [0.05, 0.1) is 0 Å². The highest BCUT2D eigenvalue weighted by molar-refractivity contribution is 7.99. The average Bonchev–Trinajstić information content (AvgIpc) is 2.78. The Hall–Kier alpha value is -0.0800. The molecule has 4 nitrogen and oxygen atoms in total. The van der Waals surface area contributed by atoms with E-state index in [2.05, 4.69) is 17.0 Å². The number of thioether (sulfide) groups is 1. The molecular weight excluding hydrogens is 288 g/mol. The molecule has 1 rings (SSSR count). The van der Waals surface area contributed by atoms with E-state index in [1.165, 1.54) is 11.3 Å². The maximum absolute atomic E-state index is 12.0. The van der Waals surface area contributed by atoms with Crippen molar-refractivity contribution in [2.45, 2.75) is 29.3 Å². The number of hydrogen-bond acceptors (Lipinski definition) is 5. The van der Waals surface area contributed by atoms with Crippen molar-refractivity contribution in [3.63, 3.8) is 0 Å². The summed E-state index contributed by atoms with van der Waals surface area (Å²) in [7, 11) is -1.49. The molecule has 104 valence electrons. The third-order valence-corrected chi connectivity index (χ3v) is 6.51. The topological polar surface area (TPSA) is 58.2 Å². The van der Waals surface area contributed by atoms with Crippen LogP contribution in [0, 0.1) is 0 Å². The number of thiophene rings is 1. The van der Waals surface area contributed by atoms with Crippen molar-refractivity contribution in [1.29, 1.82) is 0 Å². The molecule has 1 atom stereocenters. The summed E-state index contributed by atoms with van der Waals surface area (Å²) < 4.78 is 27.0. The van der Waals surface area contributed by atoms with Crippen molar-refractivity contribution in [1.82, 2.24) is 10.0 Å². The number of rotatable bonds is 8. The summed E-state index contributed by atoms with van der Waals surface area (Å²) in [6, 6.07) is 1.72. The lowest BCUT2D eigenvalue weighted by Gasteiger charge is -2.08. The highest BCUT2D eigenvalue weighted by Gasteiger charge is 2.16. The van der Waals surface area contributed by atoms with Crippen LogP contribution in [0.5, 0.6) is 0 Å². The molecule has 0 fully saturated rings. The van der Waals surface area contributed by atoms with E-state index in [9.17, 15) is 8.42 Å². The van der Waals surface area contributed by atoms with Crippen molar-refractivity contribution in [2.24, 2.45) is 0 Å². The second-order valence-electron chi connectivity index (χ2n) is 4.04. The molecular formula is C11H20N2O2S3. The molecule has 0 saturated carbocycles. The monoisotopic (exact) mass is 308 g/mol. The number of sulfonamides is 1. The Balaban J connectivity index is 2.56. The lowest BCUT2D eigenvalue weighted by atomic mass is 10.3. The molecule has 1 unspecified atom stereocenters. The van der Waals surface area contributed by atoms with Gasteiger partial charge >= 0.3 is 0 Å². The van der Waals surface area contributed by atoms with Crippen LogP contribution in [0.2, 0.25) is 0 Å². The van der Waals surface area contributed by atoms with E-state index in [1.54, 1.807) is 17.8 Å². The van der Waals surface area contributed by atoms with Gasteiger partial charge in [0.15, 0.2) is 0 Å². The Kier molecular flexibility index (Phi) is 6.65. The molecule has 0 aliphatic heterocycles. The smallest absolute Gasteiger partial charge is 0.250 e. The van der Waals surface area contributed by atoms with Gasteiger partial charge in [-0.2, -0.15) is 11.8 Å². The van der Waals surface area contributed by atoms with E-state index < -0.39 is 10.0 Å². The van der Waals surface area contributed by atoms with Gasteiger partial charge in [-0.1, -0.05) is 6.92 Å². The van der Waals surface area contributed by atoms with Crippen molar-refractivity contribution in [3.8, 4) is 0 Å². The predicted octanol–water partition coefficient (Wildman–Crippen LogP) is 1.89. The Labute approximate surface area is 118 Å². The lowest BCUT2D eigenvalue weighted by Crippen LogP contribution is -2.25. The first-order valence-corrected chi connectivity index (χ1v) is 9.39.